The van der Waals surface area contributed by atoms with Gasteiger partial charge in [-0.3, -0.25) is 9.10 Å². The van der Waals surface area contributed by atoms with Crippen LogP contribution < -0.4 is 14.5 Å². The van der Waals surface area contributed by atoms with Crippen LogP contribution in [0.1, 0.15) is 5.56 Å². The predicted molar refractivity (Wildman–Crippen MR) is 138 cm³/mol. The summed E-state index contributed by atoms with van der Waals surface area (Å²) in [6.07, 6.45) is 1.35. The summed E-state index contributed by atoms with van der Waals surface area (Å²) in [4.78, 5) is 12.7. The van der Waals surface area contributed by atoms with Crippen LogP contribution in [0.2, 0.25) is 0 Å². The molecule has 0 saturated heterocycles. The number of methoxy groups -OCH3 is 1. The average molecular weight is 644 g/mol. The van der Waals surface area contributed by atoms with Crippen LogP contribution in [0.25, 0.3) is 0 Å². The van der Waals surface area contributed by atoms with Crippen LogP contribution in [0, 0.1) is 3.57 Å². The third kappa shape index (κ3) is 6.24. The van der Waals surface area contributed by atoms with E-state index in [0.717, 1.165) is 7.88 Å². The van der Waals surface area contributed by atoms with Gasteiger partial charge in [0.15, 0.2) is 11.5 Å². The topological polar surface area (TPSA) is 108 Å². The number of phenols is 1. The minimum absolute atomic E-state index is 0.0574. The molecule has 3 aromatic rings. The number of rotatable bonds is 8. The summed E-state index contributed by atoms with van der Waals surface area (Å²) in [5.41, 5.74) is 3.24. The molecule has 172 valence electrons. The number of sulfonamides is 1. The SMILES string of the molecule is COc1cc(/C=N\NC(=O)CN(c2ccc(I)cc2)S(=O)(=O)c2ccccc2)cc(Br)c1O. The first-order valence-corrected chi connectivity index (χ1v) is 12.8. The van der Waals surface area contributed by atoms with E-state index in [2.05, 4.69) is 49.0 Å². The van der Waals surface area contributed by atoms with Gasteiger partial charge in [-0.05, 0) is 92.6 Å². The summed E-state index contributed by atoms with van der Waals surface area (Å²) in [6, 6.07) is 17.8. The Labute approximate surface area is 213 Å². The number of hydrogen-bond donors (Lipinski definition) is 2. The molecule has 0 aliphatic rings. The Kier molecular flexibility index (Phi) is 8.32. The van der Waals surface area contributed by atoms with Gasteiger partial charge in [0, 0.05) is 3.57 Å². The molecule has 1 amide bonds. The highest BCUT2D eigenvalue weighted by Gasteiger charge is 2.27. The van der Waals surface area contributed by atoms with Gasteiger partial charge in [-0.15, -0.1) is 0 Å². The van der Waals surface area contributed by atoms with E-state index in [4.69, 9.17) is 4.74 Å². The Hall–Kier alpha value is -2.64. The molecule has 0 aliphatic heterocycles. The van der Waals surface area contributed by atoms with Crippen LogP contribution in [-0.4, -0.2) is 39.3 Å². The molecule has 11 heteroatoms. The lowest BCUT2D eigenvalue weighted by molar-refractivity contribution is -0.119. The van der Waals surface area contributed by atoms with Gasteiger partial charge in [-0.2, -0.15) is 5.10 Å². The lowest BCUT2D eigenvalue weighted by Crippen LogP contribution is -2.39. The van der Waals surface area contributed by atoms with Crippen molar-refractivity contribution in [1.29, 1.82) is 0 Å². The van der Waals surface area contributed by atoms with Crippen LogP contribution in [0.3, 0.4) is 0 Å². The molecule has 0 saturated carbocycles. The second-order valence-electron chi connectivity index (χ2n) is 6.65. The molecular weight excluding hydrogens is 625 g/mol. The number of nitrogens with zero attached hydrogens (tertiary/aromatic N) is 2. The third-order valence-electron chi connectivity index (χ3n) is 4.41. The van der Waals surface area contributed by atoms with E-state index in [0.29, 0.717) is 15.7 Å². The molecule has 0 aliphatic carbocycles. The number of ether oxygens (including phenoxy) is 1. The number of carbonyl (C=O) groups excluding carboxylic acids is 1. The smallest absolute Gasteiger partial charge is 0.264 e. The molecule has 0 atom stereocenters. The molecule has 0 aromatic heterocycles. The van der Waals surface area contributed by atoms with E-state index >= 15 is 0 Å². The Balaban J connectivity index is 1.82. The molecule has 0 heterocycles. The zero-order chi connectivity index (χ0) is 24.0. The van der Waals surface area contributed by atoms with Crippen molar-refractivity contribution in [3.8, 4) is 11.5 Å². The molecule has 3 rings (SSSR count). The molecule has 8 nitrogen and oxygen atoms in total. The van der Waals surface area contributed by atoms with Gasteiger partial charge in [0.2, 0.25) is 0 Å². The zero-order valence-corrected chi connectivity index (χ0v) is 21.8. The number of nitrogens with one attached hydrogen (secondary N) is 1. The lowest BCUT2D eigenvalue weighted by Gasteiger charge is -2.23. The van der Waals surface area contributed by atoms with Crippen molar-refractivity contribution < 1.29 is 23.1 Å². The number of aromatic hydroxyl groups is 1. The van der Waals surface area contributed by atoms with E-state index in [1.165, 1.54) is 31.5 Å². The Morgan fingerprint density at radius 1 is 1.18 bits per heavy atom. The first-order valence-electron chi connectivity index (χ1n) is 9.44. The number of anilines is 1. The maximum Gasteiger partial charge on any atom is 0.264 e. The lowest BCUT2D eigenvalue weighted by atomic mass is 10.2. The zero-order valence-electron chi connectivity index (χ0n) is 17.3. The highest BCUT2D eigenvalue weighted by atomic mass is 127. The second-order valence-corrected chi connectivity index (χ2v) is 10.6. The van der Waals surface area contributed by atoms with Gasteiger partial charge in [-0.1, -0.05) is 18.2 Å². The molecule has 0 radical (unpaired) electrons. The molecule has 0 bridgehead atoms. The monoisotopic (exact) mass is 643 g/mol. The van der Waals surface area contributed by atoms with Crippen LogP contribution >= 0.6 is 38.5 Å². The number of hydrazone groups is 1. The van der Waals surface area contributed by atoms with Crippen molar-refractivity contribution >= 4 is 66.4 Å². The van der Waals surface area contributed by atoms with E-state index < -0.39 is 22.5 Å². The van der Waals surface area contributed by atoms with Crippen molar-refractivity contribution in [1.82, 2.24) is 5.43 Å². The molecular formula is C22H19BrIN3O5S. The van der Waals surface area contributed by atoms with Gasteiger partial charge in [-0.25, -0.2) is 13.8 Å². The van der Waals surface area contributed by atoms with Crippen LogP contribution in [-0.2, 0) is 14.8 Å². The normalized spacial score (nSPS) is 11.4. The summed E-state index contributed by atoms with van der Waals surface area (Å²) >= 11 is 5.33. The summed E-state index contributed by atoms with van der Waals surface area (Å²) in [5, 5.41) is 13.8. The first-order chi connectivity index (χ1) is 15.7. The number of benzene rings is 3. The van der Waals surface area contributed by atoms with Crippen molar-refractivity contribution in [2.45, 2.75) is 4.90 Å². The molecule has 0 spiro atoms. The van der Waals surface area contributed by atoms with Crippen molar-refractivity contribution in [2.75, 3.05) is 18.0 Å². The largest absolute Gasteiger partial charge is 0.503 e. The van der Waals surface area contributed by atoms with Crippen LogP contribution in [0.5, 0.6) is 11.5 Å². The van der Waals surface area contributed by atoms with Crippen molar-refractivity contribution in [3.63, 3.8) is 0 Å². The van der Waals surface area contributed by atoms with E-state index in [1.54, 1.807) is 48.5 Å². The van der Waals surface area contributed by atoms with E-state index in [1.807, 2.05) is 0 Å². The molecule has 0 fully saturated rings. The van der Waals surface area contributed by atoms with Gasteiger partial charge in [0.1, 0.15) is 6.54 Å². The molecule has 3 aromatic carbocycles. The van der Waals surface area contributed by atoms with Gasteiger partial charge in [0.05, 0.1) is 28.4 Å². The number of amides is 1. The first kappa shape index (κ1) is 25.0. The minimum atomic E-state index is -3.99. The standard InChI is InChI=1S/C22H19BrIN3O5S/c1-32-20-12-15(11-19(23)22(20)29)13-25-26-21(28)14-27(17-9-7-16(24)8-10-17)33(30,31)18-5-3-2-4-6-18/h2-13,29H,14H2,1H3,(H,26,28)/b25-13-. The quantitative estimate of drug-likeness (QED) is 0.218. The van der Waals surface area contributed by atoms with Gasteiger partial charge in [0.25, 0.3) is 15.9 Å². The number of carbonyl (C=O) groups is 1. The summed E-state index contributed by atoms with van der Waals surface area (Å²) < 4.78 is 33.9. The maximum atomic E-state index is 13.3. The molecule has 33 heavy (non-hydrogen) atoms. The van der Waals surface area contributed by atoms with Crippen LogP contribution in [0.15, 0.2) is 81.2 Å². The Morgan fingerprint density at radius 3 is 2.48 bits per heavy atom. The average Bonchev–Trinajstić information content (AvgIpc) is 2.81. The predicted octanol–water partition coefficient (Wildman–Crippen LogP) is 4.11. The second kappa shape index (κ2) is 11.0. The fourth-order valence-corrected chi connectivity index (χ4v) is 5.07. The van der Waals surface area contributed by atoms with Gasteiger partial charge >= 0.3 is 0 Å². The fourth-order valence-electron chi connectivity index (χ4n) is 2.81. The van der Waals surface area contributed by atoms with Gasteiger partial charge < -0.3 is 9.84 Å². The number of phenolic OH excluding ortho intramolecular Hbond substituents is 1. The minimum Gasteiger partial charge on any atom is -0.503 e. The Bertz CT molecular complexity index is 1270. The molecule has 2 N–H and O–H groups in total. The summed E-state index contributed by atoms with van der Waals surface area (Å²) in [6.45, 7) is -0.474. The van der Waals surface area contributed by atoms with Crippen molar-refractivity contribution in [3.05, 3.63) is 80.3 Å². The maximum absolute atomic E-state index is 13.3. The summed E-state index contributed by atoms with van der Waals surface area (Å²) in [5.74, 6) is -0.455. The highest BCUT2D eigenvalue weighted by molar-refractivity contribution is 14.1. The van der Waals surface area contributed by atoms with Crippen molar-refractivity contribution in [2.24, 2.45) is 5.10 Å². The van der Waals surface area contributed by atoms with E-state index in [9.17, 15) is 18.3 Å². The number of hydrogen-bond acceptors (Lipinski definition) is 6. The highest BCUT2D eigenvalue weighted by Crippen LogP contribution is 2.34. The van der Waals surface area contributed by atoms with E-state index in [-0.39, 0.29) is 16.4 Å². The third-order valence-corrected chi connectivity index (χ3v) is 7.52. The Morgan fingerprint density at radius 2 is 1.85 bits per heavy atom. The van der Waals surface area contributed by atoms with Crippen LogP contribution in [0.4, 0.5) is 5.69 Å². The number of halogens is 2. The fraction of sp³-hybridized carbons (Fsp3) is 0.0909. The summed E-state index contributed by atoms with van der Waals surface area (Å²) in [7, 11) is -2.58. The molecule has 0 unspecified atom stereocenters.